The lowest BCUT2D eigenvalue weighted by molar-refractivity contribution is -0.119. The summed E-state index contributed by atoms with van der Waals surface area (Å²) in [5.41, 5.74) is 3.25. The zero-order chi connectivity index (χ0) is 27.9. The number of rotatable bonds is 5. The molecule has 7 rings (SSSR count). The molecule has 2 fully saturated rings. The first kappa shape index (κ1) is 26.1. The molecule has 0 saturated carbocycles. The van der Waals surface area contributed by atoms with Crippen LogP contribution in [0.5, 0.6) is 0 Å². The molecule has 5 heterocycles. The van der Waals surface area contributed by atoms with Crippen molar-refractivity contribution in [3.8, 4) is 11.1 Å². The van der Waals surface area contributed by atoms with Gasteiger partial charge < -0.3 is 19.7 Å². The predicted octanol–water partition coefficient (Wildman–Crippen LogP) is 4.23. The Morgan fingerprint density at radius 1 is 1.02 bits per heavy atom. The Bertz CT molecular complexity index is 1830. The molecule has 0 unspecified atom stereocenters. The van der Waals surface area contributed by atoms with Gasteiger partial charge in [0.1, 0.15) is 11.5 Å². The lowest BCUT2D eigenvalue weighted by Crippen LogP contribution is -2.44. The first-order valence-electron chi connectivity index (χ1n) is 14.0. The van der Waals surface area contributed by atoms with Gasteiger partial charge in [-0.05, 0) is 37.3 Å². The molecule has 210 valence electrons. The van der Waals surface area contributed by atoms with Crippen molar-refractivity contribution in [3.63, 3.8) is 0 Å². The van der Waals surface area contributed by atoms with Gasteiger partial charge in [0.15, 0.2) is 0 Å². The van der Waals surface area contributed by atoms with Crippen molar-refractivity contribution in [2.45, 2.75) is 13.0 Å². The second-order valence-corrected chi connectivity index (χ2v) is 11.7. The van der Waals surface area contributed by atoms with Crippen molar-refractivity contribution in [3.05, 3.63) is 71.1 Å². The molecule has 0 spiro atoms. The van der Waals surface area contributed by atoms with Crippen LogP contribution in [0.2, 0.25) is 0 Å². The van der Waals surface area contributed by atoms with Crippen molar-refractivity contribution in [2.75, 3.05) is 62.8 Å². The van der Waals surface area contributed by atoms with Gasteiger partial charge in [-0.3, -0.25) is 18.9 Å². The fourth-order valence-electron chi connectivity index (χ4n) is 5.80. The third kappa shape index (κ3) is 5.08. The molecule has 0 radical (unpaired) electrons. The molecular weight excluding hydrogens is 538 g/mol. The Morgan fingerprint density at radius 2 is 1.88 bits per heavy atom. The number of benzene rings is 2. The van der Waals surface area contributed by atoms with Gasteiger partial charge in [-0.15, -0.1) is 11.3 Å². The minimum absolute atomic E-state index is 0.0259. The number of carbonyl (C=O) groups is 1. The molecule has 2 saturated heterocycles. The van der Waals surface area contributed by atoms with E-state index in [1.807, 2.05) is 31.2 Å². The summed E-state index contributed by atoms with van der Waals surface area (Å²) in [7, 11) is 0. The topological polar surface area (TPSA) is 88.4 Å². The number of amides is 1. The third-order valence-corrected chi connectivity index (χ3v) is 9.00. The maximum Gasteiger partial charge on any atom is 0.259 e. The zero-order valence-electron chi connectivity index (χ0n) is 22.8. The molecule has 1 amide bonds. The zero-order valence-corrected chi connectivity index (χ0v) is 23.7. The normalized spacial score (nSPS) is 18.4. The number of anilines is 2. The standard InChI is InChI=1S/C31H31N5O4S/c1-20-18-34(10-15-40-20)19-28(37)32-21-7-8-26-25(16-21)23-5-2-4-22(30(23)41-26)24-6-3-9-36-29(38)17-27(33-31(24)36)35-11-13-39-14-12-35/h2-9,16-17,20H,10-15,18-19H2,1H3,(H,32,37)/t20-/m1/s1. The van der Waals surface area contributed by atoms with Crippen molar-refractivity contribution >= 4 is 54.6 Å². The number of nitrogens with zero attached hydrogens (tertiary/aromatic N) is 4. The van der Waals surface area contributed by atoms with Gasteiger partial charge in [0, 0.05) is 75.4 Å². The van der Waals surface area contributed by atoms with Crippen LogP contribution in [0.4, 0.5) is 11.5 Å². The minimum Gasteiger partial charge on any atom is -0.378 e. The number of nitrogens with one attached hydrogen (secondary N) is 1. The summed E-state index contributed by atoms with van der Waals surface area (Å²) in [5.74, 6) is 0.656. The van der Waals surface area contributed by atoms with E-state index >= 15 is 0 Å². The van der Waals surface area contributed by atoms with Crippen LogP contribution in [0.3, 0.4) is 0 Å². The SMILES string of the molecule is C[C@@H]1CN(CC(=O)Nc2ccc3sc4c(-c5cccn6c(=O)cc(N7CCOCC7)nc56)cccc4c3c2)CCO1. The second-order valence-electron chi connectivity index (χ2n) is 10.6. The number of hydrogen-bond acceptors (Lipinski definition) is 8. The van der Waals surface area contributed by atoms with Crippen LogP contribution in [0.1, 0.15) is 6.92 Å². The van der Waals surface area contributed by atoms with Crippen molar-refractivity contribution in [1.29, 1.82) is 0 Å². The van der Waals surface area contributed by atoms with Gasteiger partial charge in [-0.2, -0.15) is 0 Å². The first-order valence-corrected chi connectivity index (χ1v) is 14.8. The number of hydrogen-bond donors (Lipinski definition) is 1. The molecule has 10 heteroatoms. The third-order valence-electron chi connectivity index (χ3n) is 7.78. The summed E-state index contributed by atoms with van der Waals surface area (Å²) < 4.78 is 15.0. The van der Waals surface area contributed by atoms with E-state index < -0.39 is 0 Å². The quantitative estimate of drug-likeness (QED) is 0.339. The van der Waals surface area contributed by atoms with Gasteiger partial charge in [0.25, 0.3) is 5.56 Å². The smallest absolute Gasteiger partial charge is 0.259 e. The lowest BCUT2D eigenvalue weighted by atomic mass is 10.0. The van der Waals surface area contributed by atoms with E-state index in [1.165, 1.54) is 0 Å². The summed E-state index contributed by atoms with van der Waals surface area (Å²) in [4.78, 5) is 35.2. The number of aromatic nitrogens is 2. The molecule has 3 aromatic heterocycles. The Hall–Kier alpha value is -3.83. The second kappa shape index (κ2) is 10.9. The Labute approximate surface area is 240 Å². The van der Waals surface area contributed by atoms with Crippen LogP contribution < -0.4 is 15.8 Å². The summed E-state index contributed by atoms with van der Waals surface area (Å²) in [5, 5.41) is 5.28. The molecule has 5 aromatic rings. The number of fused-ring (bicyclic) bond motifs is 4. The fraction of sp³-hybridized carbons (Fsp3) is 0.323. The summed E-state index contributed by atoms with van der Waals surface area (Å²) in [6, 6.07) is 17.9. The van der Waals surface area contributed by atoms with Gasteiger partial charge in [0.05, 0.1) is 32.5 Å². The van der Waals surface area contributed by atoms with Crippen LogP contribution in [-0.2, 0) is 14.3 Å². The van der Waals surface area contributed by atoms with Crippen LogP contribution in [0.15, 0.2) is 65.6 Å². The van der Waals surface area contributed by atoms with E-state index in [1.54, 1.807) is 28.0 Å². The molecule has 1 N–H and O–H groups in total. The van der Waals surface area contributed by atoms with Crippen LogP contribution >= 0.6 is 11.3 Å². The maximum atomic E-state index is 13.1. The van der Waals surface area contributed by atoms with Crippen molar-refractivity contribution < 1.29 is 14.3 Å². The molecule has 9 nitrogen and oxygen atoms in total. The lowest BCUT2D eigenvalue weighted by Gasteiger charge is -2.30. The molecule has 41 heavy (non-hydrogen) atoms. The largest absolute Gasteiger partial charge is 0.378 e. The average molecular weight is 570 g/mol. The highest BCUT2D eigenvalue weighted by molar-refractivity contribution is 7.26. The molecule has 1 atom stereocenters. The molecule has 0 bridgehead atoms. The van der Waals surface area contributed by atoms with E-state index in [9.17, 15) is 9.59 Å². The van der Waals surface area contributed by atoms with Crippen LogP contribution in [-0.4, -0.2) is 78.8 Å². The average Bonchev–Trinajstić information content (AvgIpc) is 3.35. The summed E-state index contributed by atoms with van der Waals surface area (Å²) in [6.07, 6.45) is 1.91. The monoisotopic (exact) mass is 569 g/mol. The number of morpholine rings is 2. The molecule has 2 aromatic carbocycles. The minimum atomic E-state index is -0.103. The predicted molar refractivity (Wildman–Crippen MR) is 163 cm³/mol. The van der Waals surface area contributed by atoms with Gasteiger partial charge in [0.2, 0.25) is 5.91 Å². The van der Waals surface area contributed by atoms with Crippen LogP contribution in [0, 0.1) is 0 Å². The number of ether oxygens (including phenoxy) is 2. The highest BCUT2D eigenvalue weighted by atomic mass is 32.1. The van der Waals surface area contributed by atoms with E-state index in [0.29, 0.717) is 50.9 Å². The molecule has 2 aliphatic rings. The highest BCUT2D eigenvalue weighted by Gasteiger charge is 2.20. The molecule has 0 aliphatic carbocycles. The van der Waals surface area contributed by atoms with Crippen molar-refractivity contribution in [1.82, 2.24) is 14.3 Å². The van der Waals surface area contributed by atoms with E-state index in [0.717, 1.165) is 50.1 Å². The Kier molecular flexibility index (Phi) is 6.91. The first-order chi connectivity index (χ1) is 20.0. The maximum absolute atomic E-state index is 13.1. The van der Waals surface area contributed by atoms with E-state index in [4.69, 9.17) is 14.5 Å². The van der Waals surface area contributed by atoms with Crippen LogP contribution in [0.25, 0.3) is 36.9 Å². The fourth-order valence-corrected chi connectivity index (χ4v) is 7.01. The summed E-state index contributed by atoms with van der Waals surface area (Å²) in [6.45, 7) is 7.22. The van der Waals surface area contributed by atoms with Gasteiger partial charge in [-0.1, -0.05) is 18.2 Å². The van der Waals surface area contributed by atoms with Crippen molar-refractivity contribution in [2.24, 2.45) is 0 Å². The summed E-state index contributed by atoms with van der Waals surface area (Å²) >= 11 is 1.71. The molecular formula is C31H31N5O4S. The Balaban J connectivity index is 1.25. The Morgan fingerprint density at radius 3 is 2.73 bits per heavy atom. The van der Waals surface area contributed by atoms with E-state index in [2.05, 4.69) is 39.4 Å². The van der Waals surface area contributed by atoms with E-state index in [-0.39, 0.29) is 17.6 Å². The number of thiophene rings is 1. The number of pyridine rings is 1. The molecule has 2 aliphatic heterocycles. The number of carbonyl (C=O) groups excluding carboxylic acids is 1. The van der Waals surface area contributed by atoms with Gasteiger partial charge >= 0.3 is 0 Å². The van der Waals surface area contributed by atoms with Gasteiger partial charge in [-0.25, -0.2) is 4.98 Å². The highest BCUT2D eigenvalue weighted by Crippen LogP contribution is 2.41.